The van der Waals surface area contributed by atoms with Crippen LogP contribution in [-0.2, 0) is 5.60 Å². The molecule has 0 atom stereocenters. The molecule has 0 radical (unpaired) electrons. The Morgan fingerprint density at radius 2 is 1.91 bits per heavy atom. The molecule has 3 fully saturated rings. The zero-order valence-corrected chi connectivity index (χ0v) is 20.3. The van der Waals surface area contributed by atoms with Crippen LogP contribution in [0.5, 0.6) is 5.75 Å². The number of aryl methyl sites for hydroxylation is 1. The fraction of sp³-hybridized carbons (Fsp3) is 0.583. The number of rotatable bonds is 7. The van der Waals surface area contributed by atoms with Gasteiger partial charge in [0.25, 0.3) is 0 Å². The summed E-state index contributed by atoms with van der Waals surface area (Å²) >= 11 is 3.31. The van der Waals surface area contributed by atoms with Crippen molar-refractivity contribution in [2.75, 3.05) is 7.11 Å². The first kappa shape index (κ1) is 21.0. The second-order valence-corrected chi connectivity index (χ2v) is 12.3. The van der Waals surface area contributed by atoms with Crippen LogP contribution in [0.1, 0.15) is 56.2 Å². The number of imidazole rings is 1. The van der Waals surface area contributed by atoms with E-state index in [1.807, 2.05) is 24.4 Å². The van der Waals surface area contributed by atoms with Crippen molar-refractivity contribution in [2.24, 2.45) is 11.8 Å². The third-order valence-corrected chi connectivity index (χ3v) is 9.47. The molecule has 0 saturated heterocycles. The Labute approximate surface area is 196 Å². The van der Waals surface area contributed by atoms with Crippen LogP contribution in [0.4, 0.5) is 0 Å². The minimum absolute atomic E-state index is 0.346. The molecule has 6 nitrogen and oxygen atoms in total. The molecule has 3 aromatic rings. The van der Waals surface area contributed by atoms with E-state index < -0.39 is 11.2 Å². The maximum absolute atomic E-state index is 11.6. The summed E-state index contributed by atoms with van der Waals surface area (Å²) in [5, 5.41) is 27.8. The summed E-state index contributed by atoms with van der Waals surface area (Å²) in [4.78, 5) is 6.71. The number of aliphatic hydroxyl groups is 2. The van der Waals surface area contributed by atoms with Crippen LogP contribution in [0.2, 0.25) is 0 Å². The molecular weight excluding hydrogens is 442 g/mol. The molecule has 0 unspecified atom stereocenters. The molecule has 2 aromatic heterocycles. The first-order valence-electron chi connectivity index (χ1n) is 11.4. The summed E-state index contributed by atoms with van der Waals surface area (Å²) in [6, 6.07) is 6.22. The summed E-state index contributed by atoms with van der Waals surface area (Å²) in [5.74, 6) is 1.54. The third-order valence-electron chi connectivity index (χ3n) is 7.19. The van der Waals surface area contributed by atoms with Gasteiger partial charge in [0.15, 0.2) is 0 Å². The third kappa shape index (κ3) is 3.38. The van der Waals surface area contributed by atoms with Gasteiger partial charge in [-0.2, -0.15) is 5.10 Å². The number of nitrogens with zero attached hydrogens (tertiary/aromatic N) is 3. The van der Waals surface area contributed by atoms with Crippen molar-refractivity contribution in [3.63, 3.8) is 0 Å². The van der Waals surface area contributed by atoms with Gasteiger partial charge in [0.05, 0.1) is 29.0 Å². The number of benzene rings is 1. The molecule has 3 aliphatic carbocycles. The number of thioether (sulfide) groups is 1. The fourth-order valence-corrected chi connectivity index (χ4v) is 8.07. The predicted octanol–water partition coefficient (Wildman–Crippen LogP) is 4.79. The molecule has 32 heavy (non-hydrogen) atoms. The van der Waals surface area contributed by atoms with Crippen LogP contribution in [0, 0.1) is 18.8 Å². The van der Waals surface area contributed by atoms with E-state index in [0.29, 0.717) is 17.1 Å². The molecule has 2 N–H and O–H groups in total. The van der Waals surface area contributed by atoms with Crippen molar-refractivity contribution < 1.29 is 14.9 Å². The van der Waals surface area contributed by atoms with Crippen LogP contribution < -0.4 is 4.74 Å². The van der Waals surface area contributed by atoms with Crippen molar-refractivity contribution in [1.29, 1.82) is 0 Å². The van der Waals surface area contributed by atoms with Gasteiger partial charge in [-0.05, 0) is 82.4 Å². The fourth-order valence-electron chi connectivity index (χ4n) is 5.17. The number of fused-ring (bicyclic) bond motifs is 1. The van der Waals surface area contributed by atoms with Crippen molar-refractivity contribution in [3.8, 4) is 17.0 Å². The van der Waals surface area contributed by atoms with Gasteiger partial charge >= 0.3 is 0 Å². The van der Waals surface area contributed by atoms with Gasteiger partial charge in [-0.1, -0.05) is 11.3 Å². The van der Waals surface area contributed by atoms with Gasteiger partial charge < -0.3 is 14.9 Å². The molecule has 0 amide bonds. The predicted molar refractivity (Wildman–Crippen MR) is 126 cm³/mol. The second-order valence-electron chi connectivity index (χ2n) is 10.0. The molecule has 3 aliphatic rings. The minimum Gasteiger partial charge on any atom is -0.496 e. The van der Waals surface area contributed by atoms with Gasteiger partial charge in [0.1, 0.15) is 16.4 Å². The molecule has 170 valence electrons. The Balaban J connectivity index is 1.38. The average molecular weight is 472 g/mol. The molecule has 0 aliphatic heterocycles. The standard InChI is InChI=1S/C24H29N3O3S2/c1-13-20(14-4-9-18(30-3)19(10-14)31-17-11-23(2,28)12-17)27-22(25-13)32-21(26-27)24(29,15-5-6-15)16-7-8-16/h4,9-10,15-17,28-29H,5-8,11-12H2,1-3H3/t17-,23-. The minimum atomic E-state index is -0.779. The Morgan fingerprint density at radius 3 is 2.50 bits per heavy atom. The lowest BCUT2D eigenvalue weighted by atomic mass is 9.82. The average Bonchev–Trinajstić information content (AvgIpc) is 3.64. The number of methoxy groups -OCH3 is 1. The molecule has 1 aromatic carbocycles. The first-order chi connectivity index (χ1) is 15.3. The van der Waals surface area contributed by atoms with Crippen molar-refractivity contribution in [3.05, 3.63) is 28.9 Å². The molecule has 6 rings (SSSR count). The zero-order chi connectivity index (χ0) is 22.3. The Morgan fingerprint density at radius 1 is 1.22 bits per heavy atom. The van der Waals surface area contributed by atoms with Crippen LogP contribution >= 0.6 is 23.1 Å². The first-order valence-corrected chi connectivity index (χ1v) is 13.1. The zero-order valence-electron chi connectivity index (χ0n) is 18.7. The van der Waals surface area contributed by atoms with E-state index in [-0.39, 0.29) is 0 Å². The van der Waals surface area contributed by atoms with E-state index in [1.165, 1.54) is 11.3 Å². The topological polar surface area (TPSA) is 79.9 Å². The van der Waals surface area contributed by atoms with Crippen LogP contribution in [-0.4, -0.2) is 42.8 Å². The smallest absolute Gasteiger partial charge is 0.213 e. The van der Waals surface area contributed by atoms with E-state index in [9.17, 15) is 10.2 Å². The quantitative estimate of drug-likeness (QED) is 0.516. The number of ether oxygens (including phenoxy) is 1. The van der Waals surface area contributed by atoms with Gasteiger partial charge in [-0.25, -0.2) is 9.50 Å². The summed E-state index contributed by atoms with van der Waals surface area (Å²) < 4.78 is 7.55. The largest absolute Gasteiger partial charge is 0.496 e. The normalized spacial score (nSPS) is 25.8. The highest BCUT2D eigenvalue weighted by Gasteiger charge is 2.56. The lowest BCUT2D eigenvalue weighted by Crippen LogP contribution is -2.42. The highest BCUT2D eigenvalue weighted by atomic mass is 32.2. The van der Waals surface area contributed by atoms with Crippen molar-refractivity contribution in [2.45, 2.75) is 73.7 Å². The summed E-state index contributed by atoms with van der Waals surface area (Å²) in [6.45, 7) is 3.92. The van der Waals surface area contributed by atoms with Crippen molar-refractivity contribution >= 4 is 28.1 Å². The highest BCUT2D eigenvalue weighted by molar-refractivity contribution is 8.00. The Hall–Kier alpha value is -1.61. The van der Waals surface area contributed by atoms with Crippen molar-refractivity contribution in [1.82, 2.24) is 14.6 Å². The summed E-state index contributed by atoms with van der Waals surface area (Å²) in [5.41, 5.74) is 1.63. The van der Waals surface area contributed by atoms with Gasteiger partial charge in [0.2, 0.25) is 4.96 Å². The summed E-state index contributed by atoms with van der Waals surface area (Å²) in [6.07, 6.45) is 5.94. The number of hydrogen-bond acceptors (Lipinski definition) is 7. The second kappa shape index (κ2) is 7.19. The number of hydrogen-bond donors (Lipinski definition) is 2. The highest BCUT2D eigenvalue weighted by Crippen LogP contribution is 2.58. The lowest BCUT2D eigenvalue weighted by molar-refractivity contribution is -0.0112. The Kier molecular flexibility index (Phi) is 4.71. The van der Waals surface area contributed by atoms with Crippen LogP contribution in [0.25, 0.3) is 16.2 Å². The molecule has 8 heteroatoms. The maximum atomic E-state index is 11.6. The van der Waals surface area contributed by atoms with E-state index in [4.69, 9.17) is 14.8 Å². The van der Waals surface area contributed by atoms with E-state index in [2.05, 4.69) is 12.1 Å². The van der Waals surface area contributed by atoms with Gasteiger partial charge in [-0.3, -0.25) is 0 Å². The SMILES string of the molecule is COc1ccc(-c2c(C)nc3sc(C(O)(C4CC4)C4CC4)nn23)cc1S[C@H]1C[C@](C)(O)C1. The van der Waals surface area contributed by atoms with E-state index in [1.54, 1.807) is 18.9 Å². The number of aromatic nitrogens is 3. The molecule has 2 heterocycles. The monoisotopic (exact) mass is 471 g/mol. The summed E-state index contributed by atoms with van der Waals surface area (Å²) in [7, 11) is 1.70. The van der Waals surface area contributed by atoms with Crippen LogP contribution in [0.3, 0.4) is 0 Å². The van der Waals surface area contributed by atoms with E-state index >= 15 is 0 Å². The van der Waals surface area contributed by atoms with Gasteiger partial charge in [0, 0.05) is 10.8 Å². The van der Waals surface area contributed by atoms with Crippen LogP contribution in [0.15, 0.2) is 23.1 Å². The Bertz CT molecular complexity index is 1170. The molecule has 0 spiro atoms. The van der Waals surface area contributed by atoms with E-state index in [0.717, 1.165) is 76.1 Å². The molecule has 3 saturated carbocycles. The maximum Gasteiger partial charge on any atom is 0.213 e. The lowest BCUT2D eigenvalue weighted by Gasteiger charge is -2.40. The molecule has 0 bridgehead atoms. The molecular formula is C24H29N3O3S2. The van der Waals surface area contributed by atoms with Gasteiger partial charge in [-0.15, -0.1) is 11.8 Å².